The molecule has 1 fully saturated rings. The van der Waals surface area contributed by atoms with E-state index in [0.717, 1.165) is 54.1 Å². The zero-order valence-electron chi connectivity index (χ0n) is 23.1. The summed E-state index contributed by atoms with van der Waals surface area (Å²) in [6, 6.07) is 23.2. The Kier molecular flexibility index (Phi) is 7.82. The van der Waals surface area contributed by atoms with Crippen LogP contribution in [0.1, 0.15) is 74.4 Å². The summed E-state index contributed by atoms with van der Waals surface area (Å²) in [6.07, 6.45) is 3.43. The van der Waals surface area contributed by atoms with Crippen LogP contribution in [-0.4, -0.2) is 28.6 Å². The number of aryl methyl sites for hydroxylation is 3. The summed E-state index contributed by atoms with van der Waals surface area (Å²) in [4.78, 5) is 20.0. The Morgan fingerprint density at radius 2 is 1.82 bits per heavy atom. The predicted molar refractivity (Wildman–Crippen MR) is 155 cm³/mol. The number of ether oxygens (including phenoxy) is 1. The third-order valence-corrected chi connectivity index (χ3v) is 7.66. The Balaban J connectivity index is 1.28. The highest BCUT2D eigenvalue weighted by Gasteiger charge is 2.34. The van der Waals surface area contributed by atoms with Gasteiger partial charge in [0.05, 0.1) is 17.6 Å². The Bertz CT molecular complexity index is 1400. The number of anilines is 1. The number of amides is 1. The molecule has 4 aromatic rings. The lowest BCUT2D eigenvalue weighted by Crippen LogP contribution is -2.24. The molecule has 0 aliphatic carbocycles. The molecule has 2 heterocycles. The molecule has 1 aromatic heterocycles. The van der Waals surface area contributed by atoms with Crippen molar-refractivity contribution >= 4 is 22.6 Å². The second-order valence-electron chi connectivity index (χ2n) is 10.8. The maximum Gasteiger partial charge on any atom is 0.227 e. The van der Waals surface area contributed by atoms with E-state index >= 15 is 0 Å². The zero-order valence-corrected chi connectivity index (χ0v) is 23.1. The van der Waals surface area contributed by atoms with Gasteiger partial charge in [-0.15, -0.1) is 0 Å². The second kappa shape index (κ2) is 11.4. The van der Waals surface area contributed by atoms with Gasteiger partial charge in [0.15, 0.2) is 0 Å². The number of unbranched alkanes of at least 4 members (excludes halogenated alkanes) is 1. The van der Waals surface area contributed by atoms with Crippen LogP contribution in [0, 0.1) is 6.92 Å². The van der Waals surface area contributed by atoms with Gasteiger partial charge < -0.3 is 14.2 Å². The van der Waals surface area contributed by atoms with Crippen LogP contribution in [0.15, 0.2) is 66.7 Å². The van der Waals surface area contributed by atoms with Gasteiger partial charge in [-0.2, -0.15) is 0 Å². The van der Waals surface area contributed by atoms with E-state index in [1.807, 2.05) is 11.0 Å². The van der Waals surface area contributed by atoms with Gasteiger partial charge in [-0.3, -0.25) is 4.79 Å². The molecule has 1 unspecified atom stereocenters. The predicted octanol–water partition coefficient (Wildman–Crippen LogP) is 7.41. The summed E-state index contributed by atoms with van der Waals surface area (Å²) < 4.78 is 8.57. The molecule has 1 aliphatic heterocycles. The van der Waals surface area contributed by atoms with E-state index in [4.69, 9.17) is 9.72 Å². The van der Waals surface area contributed by atoms with E-state index in [1.165, 1.54) is 16.7 Å². The second-order valence-corrected chi connectivity index (χ2v) is 10.8. The molecule has 3 aromatic carbocycles. The van der Waals surface area contributed by atoms with Crippen LogP contribution in [0.4, 0.5) is 5.69 Å². The van der Waals surface area contributed by atoms with Gasteiger partial charge in [0.1, 0.15) is 11.6 Å². The Morgan fingerprint density at radius 3 is 2.58 bits per heavy atom. The third kappa shape index (κ3) is 5.47. The fraction of sp³-hybridized carbons (Fsp3) is 0.394. The number of rotatable bonds is 10. The van der Waals surface area contributed by atoms with Crippen LogP contribution in [0.2, 0.25) is 0 Å². The molecular formula is C33H39N3O2. The Hall–Kier alpha value is -3.60. The molecule has 1 aliphatic rings. The number of para-hydroxylation sites is 2. The van der Waals surface area contributed by atoms with Gasteiger partial charge in [-0.25, -0.2) is 4.98 Å². The number of imidazole rings is 1. The first-order valence-corrected chi connectivity index (χ1v) is 14.0. The van der Waals surface area contributed by atoms with E-state index in [0.29, 0.717) is 25.5 Å². The SMILES string of the molecule is CCc1ccc(N2CC(c3nc4ccccc4n3CCCCOc3cc(C)ccc3C(C)C)CC2=O)cc1. The number of benzene rings is 3. The molecule has 5 heteroatoms. The summed E-state index contributed by atoms with van der Waals surface area (Å²) in [5, 5.41) is 0. The molecule has 5 nitrogen and oxygen atoms in total. The quantitative estimate of drug-likeness (QED) is 0.209. The summed E-state index contributed by atoms with van der Waals surface area (Å²) in [6.45, 7) is 10.9. The van der Waals surface area contributed by atoms with Crippen LogP contribution in [-0.2, 0) is 17.8 Å². The van der Waals surface area contributed by atoms with Crippen molar-refractivity contribution in [3.8, 4) is 5.75 Å². The standard InChI is InChI=1S/C33H39N3O2/c1-5-25-13-15-27(16-14-25)36-22-26(21-32(36)37)33-34-29-10-6-7-11-30(29)35(33)18-8-9-19-38-31-20-24(4)12-17-28(31)23(2)3/h6-7,10-17,20,23,26H,5,8-9,18-19,21-22H2,1-4H3. The molecule has 1 atom stereocenters. The van der Waals surface area contributed by atoms with Crippen molar-refractivity contribution in [2.24, 2.45) is 0 Å². The highest BCUT2D eigenvalue weighted by molar-refractivity contribution is 5.96. The monoisotopic (exact) mass is 509 g/mol. The van der Waals surface area contributed by atoms with Gasteiger partial charge >= 0.3 is 0 Å². The third-order valence-electron chi connectivity index (χ3n) is 7.66. The molecule has 0 bridgehead atoms. The van der Waals surface area contributed by atoms with Crippen molar-refractivity contribution in [2.45, 2.75) is 71.8 Å². The fourth-order valence-corrected chi connectivity index (χ4v) is 5.48. The average Bonchev–Trinajstić information content (AvgIpc) is 3.49. The van der Waals surface area contributed by atoms with Gasteiger partial charge in [-0.1, -0.05) is 57.2 Å². The topological polar surface area (TPSA) is 47.4 Å². The van der Waals surface area contributed by atoms with Gasteiger partial charge in [0.25, 0.3) is 0 Å². The lowest BCUT2D eigenvalue weighted by molar-refractivity contribution is -0.117. The molecule has 5 rings (SSSR count). The number of fused-ring (bicyclic) bond motifs is 1. The first-order chi connectivity index (χ1) is 18.4. The number of carbonyl (C=O) groups excluding carboxylic acids is 1. The van der Waals surface area contributed by atoms with E-state index < -0.39 is 0 Å². The molecule has 0 N–H and O–H groups in total. The van der Waals surface area contributed by atoms with Gasteiger partial charge in [0.2, 0.25) is 5.91 Å². The van der Waals surface area contributed by atoms with Crippen molar-refractivity contribution in [3.05, 3.63) is 89.2 Å². The number of carbonyl (C=O) groups is 1. The molecule has 198 valence electrons. The van der Waals surface area contributed by atoms with E-state index in [1.54, 1.807) is 0 Å². The maximum atomic E-state index is 13.0. The Labute approximate surface area is 226 Å². The number of nitrogens with zero attached hydrogens (tertiary/aromatic N) is 3. The summed E-state index contributed by atoms with van der Waals surface area (Å²) in [7, 11) is 0. The van der Waals surface area contributed by atoms with Gasteiger partial charge in [-0.05, 0) is 79.1 Å². The summed E-state index contributed by atoms with van der Waals surface area (Å²) >= 11 is 0. The number of hydrogen-bond acceptors (Lipinski definition) is 3. The van der Waals surface area contributed by atoms with Crippen molar-refractivity contribution in [1.29, 1.82) is 0 Å². The van der Waals surface area contributed by atoms with Crippen LogP contribution in [0.3, 0.4) is 0 Å². The minimum atomic E-state index is 0.0814. The fourth-order valence-electron chi connectivity index (χ4n) is 5.48. The lowest BCUT2D eigenvalue weighted by atomic mass is 10.0. The van der Waals surface area contributed by atoms with Crippen LogP contribution < -0.4 is 9.64 Å². The Morgan fingerprint density at radius 1 is 1.03 bits per heavy atom. The normalized spacial score (nSPS) is 15.7. The maximum absolute atomic E-state index is 13.0. The smallest absolute Gasteiger partial charge is 0.227 e. The number of hydrogen-bond donors (Lipinski definition) is 0. The van der Waals surface area contributed by atoms with Crippen LogP contribution in [0.5, 0.6) is 5.75 Å². The molecular weight excluding hydrogens is 470 g/mol. The molecule has 1 amide bonds. The molecule has 0 radical (unpaired) electrons. The van der Waals surface area contributed by atoms with E-state index in [2.05, 4.69) is 92.9 Å². The minimum Gasteiger partial charge on any atom is -0.493 e. The van der Waals surface area contributed by atoms with E-state index in [-0.39, 0.29) is 11.8 Å². The molecule has 0 spiro atoms. The molecule has 1 saturated heterocycles. The van der Waals surface area contributed by atoms with Crippen LogP contribution >= 0.6 is 0 Å². The van der Waals surface area contributed by atoms with Gasteiger partial charge in [0, 0.05) is 31.1 Å². The van der Waals surface area contributed by atoms with Crippen LogP contribution in [0.25, 0.3) is 11.0 Å². The van der Waals surface area contributed by atoms with Crippen molar-refractivity contribution in [2.75, 3.05) is 18.1 Å². The summed E-state index contributed by atoms with van der Waals surface area (Å²) in [5.74, 6) is 2.71. The van der Waals surface area contributed by atoms with E-state index in [9.17, 15) is 4.79 Å². The first kappa shape index (κ1) is 26.0. The highest BCUT2D eigenvalue weighted by atomic mass is 16.5. The zero-order chi connectivity index (χ0) is 26.6. The van der Waals surface area contributed by atoms with Crippen molar-refractivity contribution in [3.63, 3.8) is 0 Å². The highest BCUT2D eigenvalue weighted by Crippen LogP contribution is 2.34. The summed E-state index contributed by atoms with van der Waals surface area (Å²) in [5.41, 5.74) is 6.89. The average molecular weight is 510 g/mol. The number of aromatic nitrogens is 2. The minimum absolute atomic E-state index is 0.0814. The van der Waals surface area contributed by atoms with Crippen molar-refractivity contribution < 1.29 is 9.53 Å². The van der Waals surface area contributed by atoms with Crippen molar-refractivity contribution in [1.82, 2.24) is 9.55 Å². The molecule has 0 saturated carbocycles. The lowest BCUT2D eigenvalue weighted by Gasteiger charge is -2.18. The first-order valence-electron chi connectivity index (χ1n) is 14.0. The largest absolute Gasteiger partial charge is 0.493 e. The molecule has 38 heavy (non-hydrogen) atoms.